The molecule has 1 heterocycles. The number of amides is 1. The maximum Gasteiger partial charge on any atom is 0.238 e. The summed E-state index contributed by atoms with van der Waals surface area (Å²) in [5.41, 5.74) is 13.9. The lowest BCUT2D eigenvalue weighted by atomic mass is 10.0. The number of Topliss-reactive ketones (excluding diaryl/α,β-unsaturated/α-hetero) is 1. The molecule has 3 rings (SSSR count). The van der Waals surface area contributed by atoms with Crippen molar-refractivity contribution in [2.24, 2.45) is 15.7 Å². The molecule has 2 aromatic carbocycles. The molecule has 0 radical (unpaired) electrons. The molecule has 0 bridgehead atoms. The van der Waals surface area contributed by atoms with Crippen LogP contribution in [-0.4, -0.2) is 54.0 Å². The van der Waals surface area contributed by atoms with Crippen LogP contribution in [0.15, 0.2) is 76.5 Å². The molecule has 0 aliphatic carbocycles. The highest BCUT2D eigenvalue weighted by molar-refractivity contribution is 7.88. The summed E-state index contributed by atoms with van der Waals surface area (Å²) in [5, 5.41) is 20.2. The van der Waals surface area contributed by atoms with E-state index in [1.54, 1.807) is 27.0 Å². The van der Waals surface area contributed by atoms with E-state index in [-0.39, 0.29) is 39.7 Å². The van der Waals surface area contributed by atoms with E-state index in [1.807, 2.05) is 54.6 Å². The highest BCUT2D eigenvalue weighted by atomic mass is 32.2. The van der Waals surface area contributed by atoms with Crippen LogP contribution in [0.5, 0.6) is 0 Å². The van der Waals surface area contributed by atoms with Gasteiger partial charge in [-0.1, -0.05) is 65.4 Å². The SMILES string of the molecule is CC#CC#CC#CC#CC#CC#CC#CC#CC#CC#CC#CC.C[C@H](NC(=O)[C@@H](CCc1ccccc1)NS(C)(=O)=O)C(=O)CCc1ccc2c(N)nccc2c1.N=N/N=N/N(OO)OOS.[HH].[HH].[HH].[HH].[HH].[HH].[HH].[HH].[HH].[HH].[HH]. The molecule has 0 saturated heterocycles. The maximum atomic E-state index is 12.8. The average Bonchev–Trinajstić information content (AvgIpc) is 3.33. The third-order valence-corrected chi connectivity index (χ3v) is 8.14. The Labute approximate surface area is 417 Å². The molecular weight excluding hydrogens is 907 g/mol. The van der Waals surface area contributed by atoms with Gasteiger partial charge in [-0.15, -0.1) is 4.33 Å². The van der Waals surface area contributed by atoms with Crippen molar-refractivity contribution in [1.29, 1.82) is 5.53 Å². The van der Waals surface area contributed by atoms with E-state index in [4.69, 9.17) is 16.5 Å². The summed E-state index contributed by atoms with van der Waals surface area (Å²) in [6.45, 7) is 5.01. The molecular formula is C49H61N9O8S2. The summed E-state index contributed by atoms with van der Waals surface area (Å²) >= 11 is 3.10. The zero-order valence-electron chi connectivity index (χ0n) is 36.7. The largest absolute Gasteiger partial charge is 0.383 e. The van der Waals surface area contributed by atoms with Crippen molar-refractivity contribution in [3.63, 3.8) is 0 Å². The topological polar surface area (TPSA) is 243 Å². The van der Waals surface area contributed by atoms with E-state index in [9.17, 15) is 18.0 Å². The van der Waals surface area contributed by atoms with Crippen molar-refractivity contribution >= 4 is 51.2 Å². The van der Waals surface area contributed by atoms with Gasteiger partial charge in [-0.05, 0) is 173 Å². The number of pyridine rings is 1. The normalized spacial score (nSPS) is 9.56. The summed E-state index contributed by atoms with van der Waals surface area (Å²) in [4.78, 5) is 36.7. The number of fused-ring (bicyclic) bond motifs is 1. The predicted molar refractivity (Wildman–Crippen MR) is 280 cm³/mol. The number of aryl methyl sites for hydroxylation is 2. The lowest BCUT2D eigenvalue weighted by molar-refractivity contribution is -0.572. The molecule has 68 heavy (non-hydrogen) atoms. The van der Waals surface area contributed by atoms with Gasteiger partial charge in [-0.2, -0.15) is 5.53 Å². The van der Waals surface area contributed by atoms with Crippen LogP contribution in [0.1, 0.15) is 60.4 Å². The first-order valence-corrected chi connectivity index (χ1v) is 21.3. The first-order valence-electron chi connectivity index (χ1n) is 19.1. The number of rotatable bonds is 16. The summed E-state index contributed by atoms with van der Waals surface area (Å²) in [5.74, 6) is 55.4. The molecule has 362 valence electrons. The van der Waals surface area contributed by atoms with Crippen LogP contribution < -0.4 is 15.8 Å². The Balaban J connectivity index is -0.000000102. The molecule has 0 unspecified atom stereocenters. The Morgan fingerprint density at radius 3 is 1.79 bits per heavy atom. The second kappa shape index (κ2) is 36.4. The number of thiol groups is 1. The number of nitrogen functional groups attached to an aromatic ring is 1. The molecule has 1 aromatic heterocycles. The van der Waals surface area contributed by atoms with Gasteiger partial charge in [-0.25, -0.2) is 23.4 Å². The van der Waals surface area contributed by atoms with Crippen LogP contribution in [0.2, 0.25) is 0 Å². The van der Waals surface area contributed by atoms with Gasteiger partial charge in [0.1, 0.15) is 11.9 Å². The van der Waals surface area contributed by atoms with Crippen molar-refractivity contribution in [3.8, 4) is 130 Å². The van der Waals surface area contributed by atoms with Crippen molar-refractivity contribution < 1.29 is 53.3 Å². The van der Waals surface area contributed by atoms with E-state index in [1.165, 1.54) is 0 Å². The third kappa shape index (κ3) is 28.7. The second-order valence-electron chi connectivity index (χ2n) is 12.2. The van der Waals surface area contributed by atoms with Gasteiger partial charge in [0.15, 0.2) is 5.78 Å². The first kappa shape index (κ1) is 57.1. The number of carbonyl (C=O) groups excluding carboxylic acids is 2. The highest BCUT2D eigenvalue weighted by Crippen LogP contribution is 2.21. The van der Waals surface area contributed by atoms with Crippen LogP contribution in [0.3, 0.4) is 0 Å². The number of benzene rings is 2. The average molecular weight is 968 g/mol. The third-order valence-electron chi connectivity index (χ3n) is 7.36. The van der Waals surface area contributed by atoms with Crippen molar-refractivity contribution in [2.45, 2.75) is 58.5 Å². The number of hydrogen-bond donors (Lipinski definition) is 6. The van der Waals surface area contributed by atoms with Crippen molar-refractivity contribution in [3.05, 3.63) is 71.9 Å². The number of hydrogen-bond acceptors (Lipinski definition) is 13. The lowest BCUT2D eigenvalue weighted by Crippen LogP contribution is -2.50. The minimum Gasteiger partial charge on any atom is -0.383 e. The molecule has 3 aromatic rings. The van der Waals surface area contributed by atoms with Gasteiger partial charge in [-0.3, -0.25) is 9.59 Å². The van der Waals surface area contributed by atoms with Gasteiger partial charge in [0.2, 0.25) is 15.9 Å². The predicted octanol–water partition coefficient (Wildman–Crippen LogP) is 6.86. The summed E-state index contributed by atoms with van der Waals surface area (Å²) < 4.78 is 29.6. The number of nitrogens with one attached hydrogen (secondary N) is 3. The smallest absolute Gasteiger partial charge is 0.238 e. The molecule has 0 spiro atoms. The fourth-order valence-electron chi connectivity index (χ4n) is 4.56. The van der Waals surface area contributed by atoms with E-state index < -0.39 is 28.0 Å². The van der Waals surface area contributed by atoms with E-state index in [0.717, 1.165) is 28.2 Å². The minimum absolute atomic E-state index is 0. The Kier molecular flexibility index (Phi) is 30.5. The molecule has 0 fully saturated rings. The number of anilines is 1. The number of nitrogens with two attached hydrogens (primary N) is 1. The zero-order chi connectivity index (χ0) is 50.1. The molecule has 19 heteroatoms. The molecule has 0 saturated carbocycles. The van der Waals surface area contributed by atoms with Gasteiger partial charge in [0.05, 0.1) is 17.6 Å². The molecule has 6 N–H and O–H groups in total. The van der Waals surface area contributed by atoms with Gasteiger partial charge >= 0.3 is 0 Å². The van der Waals surface area contributed by atoms with Crippen molar-refractivity contribution in [1.82, 2.24) is 20.4 Å². The molecule has 17 nitrogen and oxygen atoms in total. The standard InChI is InChI=1S/C25H30N4O4S.C24H6.H3N5O4S.11H2/c1-17(23(30)13-10-19-8-11-21-20(16-19)14-15-27-24(21)26)28-25(31)22(29-34(2,32)33)12-9-18-6-4-3-5-7-18;1-3-5-7-9-11-13-15-17-19-21-23-24-22-20-18-16-14-12-10-8-6-4-2;1-2-3-4-5(7-6)8-9-10;;;;;;;;;;;/h3-8,11,14-17,22,29H,9-10,12-13H2,1-2H3,(H2,26,27)(H,28,31);1-2H3;1,6,10H;11*1H/b;;2-1?,4-3+;;;;;;;;;;;/t17-,22+;;;;;;;;;;;;;/m0............./s1. The molecule has 0 aliphatic heterocycles. The van der Waals surface area contributed by atoms with Crippen molar-refractivity contribution in [2.75, 3.05) is 12.0 Å². The van der Waals surface area contributed by atoms with E-state index >= 15 is 0 Å². The summed E-state index contributed by atoms with van der Waals surface area (Å²) in [7, 11) is -3.61. The summed E-state index contributed by atoms with van der Waals surface area (Å²) in [6.07, 6.45) is 4.20. The fourth-order valence-corrected chi connectivity index (χ4v) is 5.35. The maximum absolute atomic E-state index is 12.8. The monoisotopic (exact) mass is 967 g/mol. The molecule has 2 atom stereocenters. The highest BCUT2D eigenvalue weighted by Gasteiger charge is 2.25. The number of aromatic nitrogens is 1. The number of carbonyl (C=O) groups is 2. The first-order chi connectivity index (χ1) is 32.9. The number of nitrogens with zero attached hydrogens (tertiary/aromatic N) is 5. The van der Waals surface area contributed by atoms with Crippen LogP contribution in [0.25, 0.3) is 10.8 Å². The molecule has 1 amide bonds. The van der Waals surface area contributed by atoms with Crippen LogP contribution >= 0.6 is 12.9 Å². The Bertz CT molecular complexity index is 3060. The lowest BCUT2D eigenvalue weighted by Gasteiger charge is -2.20. The quantitative estimate of drug-likeness (QED) is 0.0216. The summed E-state index contributed by atoms with van der Waals surface area (Å²) in [6, 6.07) is 15.4. The Morgan fingerprint density at radius 1 is 0.824 bits per heavy atom. The Hall–Kier alpha value is -8.95. The minimum atomic E-state index is -3.61. The second-order valence-corrected chi connectivity index (χ2v) is 14.1. The fraction of sp³-hybridized carbons (Fsp3) is 0.204. The van der Waals surface area contributed by atoms with E-state index in [0.29, 0.717) is 18.7 Å². The molecule has 0 aliphatic rings. The van der Waals surface area contributed by atoms with Gasteiger partial charge < -0.3 is 11.1 Å². The van der Waals surface area contributed by atoms with Crippen LogP contribution in [0, 0.1) is 136 Å². The van der Waals surface area contributed by atoms with E-state index in [2.05, 4.69) is 188 Å². The van der Waals surface area contributed by atoms with Crippen LogP contribution in [-0.2, 0) is 46.8 Å². The van der Waals surface area contributed by atoms with Gasteiger partial charge in [0, 0.05) is 75.5 Å². The number of ketones is 1. The zero-order valence-corrected chi connectivity index (χ0v) is 38.4. The number of sulfonamides is 1. The van der Waals surface area contributed by atoms with Crippen LogP contribution in [0.4, 0.5) is 5.82 Å². The van der Waals surface area contributed by atoms with Gasteiger partial charge in [0.25, 0.3) is 0 Å². The Morgan fingerprint density at radius 2 is 1.34 bits per heavy atom.